The smallest absolute Gasteiger partial charge is 0.226 e. The van der Waals surface area contributed by atoms with Crippen molar-refractivity contribution >= 4 is 5.91 Å². The molecule has 1 amide bonds. The Morgan fingerprint density at radius 2 is 1.66 bits per heavy atom. The lowest BCUT2D eigenvalue weighted by molar-refractivity contribution is -0.134. The molecule has 0 radical (unpaired) electrons. The fourth-order valence-corrected chi connectivity index (χ4v) is 4.62. The molecule has 0 atom stereocenters. The van der Waals surface area contributed by atoms with Gasteiger partial charge < -0.3 is 5.32 Å². The average Bonchev–Trinajstić information content (AvgIpc) is 2.82. The fraction of sp³-hybridized carbons (Fsp3) is 0.357. The molecule has 1 saturated heterocycles. The van der Waals surface area contributed by atoms with Crippen LogP contribution >= 0.6 is 0 Å². The molecule has 2 heterocycles. The van der Waals surface area contributed by atoms with Crippen molar-refractivity contribution < 1.29 is 4.79 Å². The van der Waals surface area contributed by atoms with E-state index in [9.17, 15) is 4.79 Å². The number of hydrogen-bond donors (Lipinski definition) is 1. The van der Waals surface area contributed by atoms with Crippen LogP contribution in [0.4, 0.5) is 0 Å². The molecule has 3 aromatic rings. The normalized spacial score (nSPS) is 16.1. The lowest BCUT2D eigenvalue weighted by Gasteiger charge is -2.41. The van der Waals surface area contributed by atoms with Gasteiger partial charge >= 0.3 is 0 Å². The van der Waals surface area contributed by atoms with E-state index in [1.165, 1.54) is 11.1 Å². The Labute approximate surface area is 191 Å². The summed E-state index contributed by atoms with van der Waals surface area (Å²) in [5.41, 5.74) is 4.46. The lowest BCUT2D eigenvalue weighted by atomic mass is 9.72. The minimum Gasteiger partial charge on any atom is -0.353 e. The Morgan fingerprint density at radius 3 is 2.28 bits per heavy atom. The van der Waals surface area contributed by atoms with Gasteiger partial charge in [0.15, 0.2) is 0 Å². The molecule has 166 valence electrons. The standard InChI is InChI=1S/C28H33N3O/c1-22(2)30-27(32)28(14-17-31(18-15-28)21-24-7-4-3-5-8-24)19-23-10-12-25(13-11-23)26-9-6-16-29-20-26/h3-13,16,20,22H,14-15,17-19,21H2,1-2H3,(H,30,32). The Balaban J connectivity index is 1.48. The summed E-state index contributed by atoms with van der Waals surface area (Å²) in [6.07, 6.45) is 6.21. The van der Waals surface area contributed by atoms with Crippen LogP contribution in [0.25, 0.3) is 11.1 Å². The van der Waals surface area contributed by atoms with Crippen LogP contribution in [-0.4, -0.2) is 34.9 Å². The maximum Gasteiger partial charge on any atom is 0.226 e. The molecule has 1 aliphatic rings. The molecule has 4 rings (SSSR count). The first kappa shape index (κ1) is 22.2. The van der Waals surface area contributed by atoms with Crippen molar-refractivity contribution in [2.75, 3.05) is 13.1 Å². The largest absolute Gasteiger partial charge is 0.353 e. The molecule has 4 heteroatoms. The van der Waals surface area contributed by atoms with E-state index in [1.54, 1.807) is 6.20 Å². The topological polar surface area (TPSA) is 45.2 Å². The number of carbonyl (C=O) groups excluding carboxylic acids is 1. The molecular formula is C28H33N3O. The number of nitrogens with zero attached hydrogens (tertiary/aromatic N) is 2. The van der Waals surface area contributed by atoms with Gasteiger partial charge in [0.05, 0.1) is 5.41 Å². The van der Waals surface area contributed by atoms with Gasteiger partial charge in [0, 0.05) is 25.0 Å². The van der Waals surface area contributed by atoms with Gasteiger partial charge in [0.25, 0.3) is 0 Å². The maximum absolute atomic E-state index is 13.4. The van der Waals surface area contributed by atoms with Gasteiger partial charge in [-0.05, 0) is 74.5 Å². The summed E-state index contributed by atoms with van der Waals surface area (Å²) in [6, 6.07) is 23.4. The summed E-state index contributed by atoms with van der Waals surface area (Å²) >= 11 is 0. The predicted octanol–water partition coefficient (Wildman–Crippen LogP) is 5.10. The Hall–Kier alpha value is -2.98. The second kappa shape index (κ2) is 10.1. The van der Waals surface area contributed by atoms with Crippen LogP contribution in [0.5, 0.6) is 0 Å². The van der Waals surface area contributed by atoms with Crippen molar-refractivity contribution in [3.8, 4) is 11.1 Å². The van der Waals surface area contributed by atoms with Crippen LogP contribution in [0.1, 0.15) is 37.8 Å². The summed E-state index contributed by atoms with van der Waals surface area (Å²) in [5.74, 6) is 0.197. The quantitative estimate of drug-likeness (QED) is 0.571. The van der Waals surface area contributed by atoms with Crippen molar-refractivity contribution in [3.05, 3.63) is 90.3 Å². The molecule has 1 fully saturated rings. The zero-order valence-corrected chi connectivity index (χ0v) is 19.1. The highest BCUT2D eigenvalue weighted by Gasteiger charge is 2.41. The van der Waals surface area contributed by atoms with Crippen molar-refractivity contribution in [1.29, 1.82) is 0 Å². The van der Waals surface area contributed by atoms with Gasteiger partial charge in [0.1, 0.15) is 0 Å². The van der Waals surface area contributed by atoms with Gasteiger partial charge in [0.2, 0.25) is 5.91 Å². The zero-order valence-electron chi connectivity index (χ0n) is 19.1. The van der Waals surface area contributed by atoms with Gasteiger partial charge in [-0.1, -0.05) is 60.7 Å². The monoisotopic (exact) mass is 427 g/mol. The molecule has 2 aromatic carbocycles. The van der Waals surface area contributed by atoms with E-state index in [1.807, 2.05) is 26.1 Å². The highest BCUT2D eigenvalue weighted by molar-refractivity contribution is 5.83. The summed E-state index contributed by atoms with van der Waals surface area (Å²) in [4.78, 5) is 20.0. The van der Waals surface area contributed by atoms with E-state index >= 15 is 0 Å². The van der Waals surface area contributed by atoms with Gasteiger partial charge in [-0.2, -0.15) is 0 Å². The second-order valence-electron chi connectivity index (χ2n) is 9.29. The van der Waals surface area contributed by atoms with Gasteiger partial charge in [-0.15, -0.1) is 0 Å². The van der Waals surface area contributed by atoms with Crippen LogP contribution < -0.4 is 5.32 Å². The molecule has 0 unspecified atom stereocenters. The minimum atomic E-state index is -0.354. The second-order valence-corrected chi connectivity index (χ2v) is 9.29. The summed E-state index contributed by atoms with van der Waals surface area (Å²) in [6.45, 7) is 6.91. The van der Waals surface area contributed by atoms with Crippen LogP contribution in [0.3, 0.4) is 0 Å². The fourth-order valence-electron chi connectivity index (χ4n) is 4.62. The van der Waals surface area contributed by atoms with Crippen LogP contribution in [0.2, 0.25) is 0 Å². The summed E-state index contributed by atoms with van der Waals surface area (Å²) < 4.78 is 0. The third kappa shape index (κ3) is 5.43. The van der Waals surface area contributed by atoms with E-state index in [-0.39, 0.29) is 17.4 Å². The molecule has 0 bridgehead atoms. The van der Waals surface area contributed by atoms with Crippen molar-refractivity contribution in [2.24, 2.45) is 5.41 Å². The molecule has 32 heavy (non-hydrogen) atoms. The summed E-state index contributed by atoms with van der Waals surface area (Å²) in [5, 5.41) is 3.21. The number of carbonyl (C=O) groups is 1. The van der Waals surface area contributed by atoms with E-state index < -0.39 is 0 Å². The van der Waals surface area contributed by atoms with Gasteiger partial charge in [-0.3, -0.25) is 14.7 Å². The van der Waals surface area contributed by atoms with E-state index in [2.05, 4.69) is 75.9 Å². The maximum atomic E-state index is 13.4. The highest BCUT2D eigenvalue weighted by atomic mass is 16.2. The number of pyridine rings is 1. The first-order valence-electron chi connectivity index (χ1n) is 11.6. The van der Waals surface area contributed by atoms with Crippen molar-refractivity contribution in [2.45, 2.75) is 45.7 Å². The van der Waals surface area contributed by atoms with Crippen molar-refractivity contribution in [1.82, 2.24) is 15.2 Å². The molecule has 0 spiro atoms. The van der Waals surface area contributed by atoms with E-state index in [0.717, 1.165) is 50.0 Å². The third-order valence-electron chi connectivity index (χ3n) is 6.45. The number of amides is 1. The molecule has 4 nitrogen and oxygen atoms in total. The predicted molar refractivity (Wildman–Crippen MR) is 130 cm³/mol. The van der Waals surface area contributed by atoms with Crippen LogP contribution in [0, 0.1) is 5.41 Å². The molecule has 1 N–H and O–H groups in total. The van der Waals surface area contributed by atoms with E-state index in [0.29, 0.717) is 0 Å². The number of likely N-dealkylation sites (tertiary alicyclic amines) is 1. The van der Waals surface area contributed by atoms with Crippen LogP contribution in [-0.2, 0) is 17.8 Å². The van der Waals surface area contributed by atoms with Gasteiger partial charge in [-0.25, -0.2) is 0 Å². The third-order valence-corrected chi connectivity index (χ3v) is 6.45. The minimum absolute atomic E-state index is 0.148. The Morgan fingerprint density at radius 1 is 0.938 bits per heavy atom. The van der Waals surface area contributed by atoms with Crippen LogP contribution in [0.15, 0.2) is 79.1 Å². The average molecular weight is 428 g/mol. The Bertz CT molecular complexity index is 992. The highest BCUT2D eigenvalue weighted by Crippen LogP contribution is 2.36. The molecule has 1 aliphatic heterocycles. The number of benzene rings is 2. The zero-order chi connectivity index (χ0) is 22.4. The number of hydrogen-bond acceptors (Lipinski definition) is 3. The number of piperidine rings is 1. The van der Waals surface area contributed by atoms with E-state index in [4.69, 9.17) is 0 Å². The SMILES string of the molecule is CC(C)NC(=O)C1(Cc2ccc(-c3cccnc3)cc2)CCN(Cc2ccccc2)CC1. The molecular weight excluding hydrogens is 394 g/mol. The molecule has 1 aromatic heterocycles. The molecule has 0 saturated carbocycles. The summed E-state index contributed by atoms with van der Waals surface area (Å²) in [7, 11) is 0. The molecule has 0 aliphatic carbocycles. The first-order valence-corrected chi connectivity index (χ1v) is 11.6. The Kier molecular flexibility index (Phi) is 7.01. The number of nitrogens with one attached hydrogen (secondary N) is 1. The lowest BCUT2D eigenvalue weighted by Crippen LogP contribution is -2.51. The number of rotatable bonds is 7. The first-order chi connectivity index (χ1) is 15.5. The number of aromatic nitrogens is 1. The van der Waals surface area contributed by atoms with Crippen molar-refractivity contribution in [3.63, 3.8) is 0 Å².